The zero-order valence-electron chi connectivity index (χ0n) is 7.48. The van der Waals surface area contributed by atoms with E-state index in [0.717, 1.165) is 13.1 Å². The van der Waals surface area contributed by atoms with Crippen LogP contribution in [0, 0.1) is 0 Å². The fourth-order valence-electron chi connectivity index (χ4n) is 1.45. The van der Waals surface area contributed by atoms with Crippen molar-refractivity contribution in [2.24, 2.45) is 0 Å². The third-order valence-corrected chi connectivity index (χ3v) is 2.84. The molecule has 1 fully saturated rings. The SMILES string of the molecule is O=S(O)(=S)OCCN1CCCCC1. The van der Waals surface area contributed by atoms with E-state index in [0.29, 0.717) is 6.54 Å². The van der Waals surface area contributed by atoms with Crippen LogP contribution in [0.15, 0.2) is 0 Å². The number of hydrogen-bond acceptors (Lipinski definition) is 4. The van der Waals surface area contributed by atoms with Crippen LogP contribution in [0.3, 0.4) is 0 Å². The Labute approximate surface area is 84.0 Å². The third kappa shape index (κ3) is 5.53. The van der Waals surface area contributed by atoms with Crippen LogP contribution in [0.25, 0.3) is 0 Å². The van der Waals surface area contributed by atoms with Gasteiger partial charge in [-0.25, -0.2) is 0 Å². The Hall–Kier alpha value is 0.250. The van der Waals surface area contributed by atoms with Crippen molar-refractivity contribution in [1.82, 2.24) is 4.90 Å². The molecule has 6 heteroatoms. The van der Waals surface area contributed by atoms with E-state index in [1.807, 2.05) is 0 Å². The van der Waals surface area contributed by atoms with Gasteiger partial charge in [-0.3, -0.25) is 8.74 Å². The Morgan fingerprint density at radius 2 is 2.00 bits per heavy atom. The Kier molecular flexibility index (Phi) is 4.54. The second kappa shape index (κ2) is 5.21. The summed E-state index contributed by atoms with van der Waals surface area (Å²) in [6.45, 7) is 3.08. The van der Waals surface area contributed by atoms with Gasteiger partial charge in [0.05, 0.1) is 6.61 Å². The minimum absolute atomic E-state index is 0.249. The molecule has 0 aliphatic carbocycles. The molecule has 0 radical (unpaired) electrons. The largest absolute Gasteiger partial charge is 0.301 e. The molecule has 1 N–H and O–H groups in total. The first-order chi connectivity index (χ1) is 6.08. The molecule has 0 spiro atoms. The van der Waals surface area contributed by atoms with Crippen molar-refractivity contribution in [3.63, 3.8) is 0 Å². The van der Waals surface area contributed by atoms with Crippen molar-refractivity contribution < 1.29 is 12.9 Å². The summed E-state index contributed by atoms with van der Waals surface area (Å²) in [6, 6.07) is 0. The number of nitrogens with zero attached hydrogens (tertiary/aromatic N) is 1. The quantitative estimate of drug-likeness (QED) is 0.760. The van der Waals surface area contributed by atoms with Gasteiger partial charge in [-0.05, 0) is 25.9 Å². The van der Waals surface area contributed by atoms with Gasteiger partial charge in [0.25, 0.3) is 9.05 Å². The van der Waals surface area contributed by atoms with Crippen LogP contribution in [0.1, 0.15) is 19.3 Å². The maximum absolute atomic E-state index is 10.6. The first-order valence-electron chi connectivity index (χ1n) is 4.42. The average Bonchev–Trinajstić information content (AvgIpc) is 2.04. The number of rotatable bonds is 4. The normalized spacial score (nSPS) is 24.1. The minimum Gasteiger partial charge on any atom is -0.301 e. The lowest BCUT2D eigenvalue weighted by Gasteiger charge is -2.25. The first kappa shape index (κ1) is 11.3. The maximum Gasteiger partial charge on any atom is 0.266 e. The van der Waals surface area contributed by atoms with Crippen LogP contribution in [-0.2, 0) is 24.4 Å². The number of hydrogen-bond donors (Lipinski definition) is 1. The zero-order chi connectivity index (χ0) is 9.73. The molecule has 78 valence electrons. The molecule has 1 rings (SSSR count). The molecule has 0 aromatic carbocycles. The van der Waals surface area contributed by atoms with Gasteiger partial charge in [0.2, 0.25) is 0 Å². The van der Waals surface area contributed by atoms with Gasteiger partial charge in [0.15, 0.2) is 0 Å². The number of piperidine rings is 1. The maximum atomic E-state index is 10.6. The predicted octanol–water partition coefficient (Wildman–Crippen LogP) is 0.623. The Morgan fingerprint density at radius 3 is 2.54 bits per heavy atom. The molecule has 13 heavy (non-hydrogen) atoms. The third-order valence-electron chi connectivity index (χ3n) is 2.09. The molecule has 0 bridgehead atoms. The highest BCUT2D eigenvalue weighted by molar-refractivity contribution is 8.27. The number of likely N-dealkylation sites (tertiary alicyclic amines) is 1. The van der Waals surface area contributed by atoms with Gasteiger partial charge in [-0.1, -0.05) is 6.42 Å². The second-order valence-electron chi connectivity index (χ2n) is 3.15. The molecule has 1 aliphatic rings. The molecule has 0 saturated carbocycles. The lowest BCUT2D eigenvalue weighted by molar-refractivity contribution is 0.184. The smallest absolute Gasteiger partial charge is 0.266 e. The molecular weight excluding hydrogens is 210 g/mol. The lowest BCUT2D eigenvalue weighted by Crippen LogP contribution is -2.33. The lowest BCUT2D eigenvalue weighted by atomic mass is 10.1. The Bertz CT molecular complexity index is 234. The second-order valence-corrected chi connectivity index (χ2v) is 5.51. The zero-order valence-corrected chi connectivity index (χ0v) is 9.11. The van der Waals surface area contributed by atoms with E-state index in [-0.39, 0.29) is 6.61 Å². The summed E-state index contributed by atoms with van der Waals surface area (Å²) < 4.78 is 23.8. The monoisotopic (exact) mass is 225 g/mol. The van der Waals surface area contributed by atoms with E-state index >= 15 is 0 Å². The van der Waals surface area contributed by atoms with Crippen LogP contribution in [0.4, 0.5) is 0 Å². The van der Waals surface area contributed by atoms with Crippen molar-refractivity contribution in [2.75, 3.05) is 26.2 Å². The summed E-state index contributed by atoms with van der Waals surface area (Å²) in [6.07, 6.45) is 3.71. The van der Waals surface area contributed by atoms with E-state index in [2.05, 4.69) is 20.3 Å². The molecule has 1 heterocycles. The van der Waals surface area contributed by atoms with Crippen LogP contribution in [-0.4, -0.2) is 39.9 Å². The van der Waals surface area contributed by atoms with Crippen molar-refractivity contribution in [3.05, 3.63) is 0 Å². The summed E-state index contributed by atoms with van der Waals surface area (Å²) in [5.41, 5.74) is 0. The van der Waals surface area contributed by atoms with E-state index < -0.39 is 9.05 Å². The van der Waals surface area contributed by atoms with Crippen molar-refractivity contribution >= 4 is 20.2 Å². The topological polar surface area (TPSA) is 49.8 Å². The first-order valence-corrected chi connectivity index (χ1v) is 6.79. The fraction of sp³-hybridized carbons (Fsp3) is 1.00. The van der Waals surface area contributed by atoms with Crippen LogP contribution in [0.2, 0.25) is 0 Å². The molecule has 0 amide bonds. The standard InChI is InChI=1S/C7H15NO3S2/c9-13(10,12)11-7-6-8-4-2-1-3-5-8/h1-7H2,(H,9,10,12). The van der Waals surface area contributed by atoms with Gasteiger partial charge in [0, 0.05) is 17.7 Å². The van der Waals surface area contributed by atoms with Crippen molar-refractivity contribution in [2.45, 2.75) is 19.3 Å². The van der Waals surface area contributed by atoms with Crippen LogP contribution < -0.4 is 0 Å². The van der Waals surface area contributed by atoms with Crippen molar-refractivity contribution in [1.29, 1.82) is 0 Å². The molecule has 0 aromatic heterocycles. The summed E-state index contributed by atoms with van der Waals surface area (Å²) in [7, 11) is -3.42. The molecule has 0 aromatic rings. The summed E-state index contributed by atoms with van der Waals surface area (Å²) in [4.78, 5) is 2.23. The molecule has 4 nitrogen and oxygen atoms in total. The molecule has 1 unspecified atom stereocenters. The van der Waals surface area contributed by atoms with Crippen LogP contribution in [0.5, 0.6) is 0 Å². The molecule has 1 aliphatic heterocycles. The van der Waals surface area contributed by atoms with E-state index in [1.54, 1.807) is 0 Å². The summed E-state index contributed by atoms with van der Waals surface area (Å²) in [5, 5.41) is 0. The Balaban J connectivity index is 2.11. The van der Waals surface area contributed by atoms with Gasteiger partial charge >= 0.3 is 0 Å². The van der Waals surface area contributed by atoms with E-state index in [1.165, 1.54) is 19.3 Å². The molecular formula is C7H15NO3S2. The van der Waals surface area contributed by atoms with Gasteiger partial charge < -0.3 is 4.90 Å². The summed E-state index contributed by atoms with van der Waals surface area (Å²) >= 11 is 4.19. The highest BCUT2D eigenvalue weighted by atomic mass is 32.9. The molecule has 1 atom stereocenters. The fourth-order valence-corrected chi connectivity index (χ4v) is 1.94. The Morgan fingerprint density at radius 1 is 1.38 bits per heavy atom. The molecule has 1 saturated heterocycles. The summed E-state index contributed by atoms with van der Waals surface area (Å²) in [5.74, 6) is 0. The van der Waals surface area contributed by atoms with Gasteiger partial charge in [0.1, 0.15) is 0 Å². The minimum atomic E-state index is -3.42. The van der Waals surface area contributed by atoms with Gasteiger partial charge in [-0.2, -0.15) is 4.21 Å². The van der Waals surface area contributed by atoms with Crippen LogP contribution >= 0.6 is 0 Å². The van der Waals surface area contributed by atoms with E-state index in [4.69, 9.17) is 4.55 Å². The van der Waals surface area contributed by atoms with E-state index in [9.17, 15) is 4.21 Å². The highest BCUT2D eigenvalue weighted by Gasteiger charge is 2.10. The van der Waals surface area contributed by atoms with Crippen molar-refractivity contribution in [3.8, 4) is 0 Å². The average molecular weight is 225 g/mol. The van der Waals surface area contributed by atoms with Gasteiger partial charge in [-0.15, -0.1) is 0 Å². The predicted molar refractivity (Wildman–Crippen MR) is 54.4 cm³/mol. The highest BCUT2D eigenvalue weighted by Crippen LogP contribution is 2.07.